The molecular weight excluding hydrogens is 464 g/mol. The first-order valence-corrected chi connectivity index (χ1v) is 15.2. The van der Waals surface area contributed by atoms with Crippen LogP contribution in [-0.4, -0.2) is 52.6 Å². The first-order chi connectivity index (χ1) is 17.5. The number of aliphatic hydroxyl groups is 3. The van der Waals surface area contributed by atoms with Crippen molar-refractivity contribution >= 4 is 0 Å². The first kappa shape index (κ1) is 27.8. The standard InChI is InChI=1S/C32H52O5/c1-19(2)7-6-8-20(3)24-11-12-25-23-10-9-21-17-22(37-30-29(35)28(34)27(33)18-36-30)13-15-31(21,4)26(23)14-16-32(24,25)5/h6,8-9,19-20,22-30,33-35H,7,10-18H2,1-5H3. The number of hydrogen-bond acceptors (Lipinski definition) is 5. The van der Waals surface area contributed by atoms with Gasteiger partial charge < -0.3 is 24.8 Å². The van der Waals surface area contributed by atoms with Crippen molar-refractivity contribution < 1.29 is 24.8 Å². The molecule has 4 aliphatic carbocycles. The number of rotatable bonds is 6. The van der Waals surface area contributed by atoms with E-state index >= 15 is 0 Å². The molecule has 0 radical (unpaired) electrons. The molecule has 0 spiro atoms. The molecule has 5 heteroatoms. The van der Waals surface area contributed by atoms with Gasteiger partial charge in [0.1, 0.15) is 18.3 Å². The Balaban J connectivity index is 1.26. The molecule has 0 bridgehead atoms. The monoisotopic (exact) mass is 516 g/mol. The van der Waals surface area contributed by atoms with E-state index in [1.54, 1.807) is 5.57 Å². The number of ether oxygens (including phenoxy) is 2. The summed E-state index contributed by atoms with van der Waals surface area (Å²) in [7, 11) is 0. The van der Waals surface area contributed by atoms with Gasteiger partial charge in [0.2, 0.25) is 0 Å². The molecule has 5 nitrogen and oxygen atoms in total. The van der Waals surface area contributed by atoms with E-state index in [9.17, 15) is 15.3 Å². The predicted molar refractivity (Wildman–Crippen MR) is 146 cm³/mol. The third-order valence-electron chi connectivity index (χ3n) is 11.6. The summed E-state index contributed by atoms with van der Waals surface area (Å²) >= 11 is 0. The van der Waals surface area contributed by atoms with E-state index < -0.39 is 24.6 Å². The molecular formula is C32H52O5. The van der Waals surface area contributed by atoms with Crippen LogP contribution in [0.25, 0.3) is 0 Å². The molecule has 0 amide bonds. The molecule has 37 heavy (non-hydrogen) atoms. The zero-order valence-electron chi connectivity index (χ0n) is 23.8. The largest absolute Gasteiger partial charge is 0.388 e. The van der Waals surface area contributed by atoms with E-state index in [0.717, 1.165) is 48.9 Å². The van der Waals surface area contributed by atoms with Crippen molar-refractivity contribution in [2.24, 2.45) is 46.3 Å². The van der Waals surface area contributed by atoms with E-state index in [4.69, 9.17) is 9.47 Å². The summed E-state index contributed by atoms with van der Waals surface area (Å²) in [6, 6.07) is 0. The normalized spacial score (nSPS) is 48.9. The zero-order valence-corrected chi connectivity index (χ0v) is 23.8. The minimum Gasteiger partial charge on any atom is -0.388 e. The number of aliphatic hydroxyl groups excluding tert-OH is 3. The Kier molecular flexibility index (Phi) is 8.04. The van der Waals surface area contributed by atoms with Crippen molar-refractivity contribution in [1.29, 1.82) is 0 Å². The Morgan fingerprint density at radius 1 is 1.03 bits per heavy atom. The molecule has 0 aromatic carbocycles. The molecule has 4 fully saturated rings. The van der Waals surface area contributed by atoms with Gasteiger partial charge in [-0.15, -0.1) is 0 Å². The van der Waals surface area contributed by atoms with Gasteiger partial charge in [0, 0.05) is 0 Å². The van der Waals surface area contributed by atoms with Crippen molar-refractivity contribution in [2.45, 2.75) is 123 Å². The summed E-state index contributed by atoms with van der Waals surface area (Å²) in [5.74, 6) is 4.59. The molecule has 12 unspecified atom stereocenters. The lowest BCUT2D eigenvalue weighted by atomic mass is 9.47. The molecule has 1 heterocycles. The van der Waals surface area contributed by atoms with Gasteiger partial charge >= 0.3 is 0 Å². The van der Waals surface area contributed by atoms with Crippen LogP contribution in [0.2, 0.25) is 0 Å². The summed E-state index contributed by atoms with van der Waals surface area (Å²) in [4.78, 5) is 0. The Hall–Kier alpha value is -0.720. The van der Waals surface area contributed by atoms with Crippen LogP contribution in [0.4, 0.5) is 0 Å². The quantitative estimate of drug-likeness (QED) is 0.399. The van der Waals surface area contributed by atoms with Gasteiger partial charge in [-0.1, -0.05) is 58.4 Å². The maximum absolute atomic E-state index is 10.3. The molecule has 0 aromatic rings. The third kappa shape index (κ3) is 5.01. The second-order valence-corrected chi connectivity index (χ2v) is 14.2. The summed E-state index contributed by atoms with van der Waals surface area (Å²) in [6.07, 6.45) is 13.9. The van der Waals surface area contributed by atoms with Crippen LogP contribution in [0.1, 0.15) is 92.4 Å². The molecule has 210 valence electrons. The van der Waals surface area contributed by atoms with Crippen molar-refractivity contribution in [3.63, 3.8) is 0 Å². The summed E-state index contributed by atoms with van der Waals surface area (Å²) in [5.41, 5.74) is 2.25. The van der Waals surface area contributed by atoms with Crippen LogP contribution < -0.4 is 0 Å². The number of fused-ring (bicyclic) bond motifs is 5. The summed E-state index contributed by atoms with van der Waals surface area (Å²) < 4.78 is 11.7. The summed E-state index contributed by atoms with van der Waals surface area (Å²) in [5, 5.41) is 30.1. The predicted octanol–water partition coefficient (Wildman–Crippen LogP) is 5.63. The average molecular weight is 517 g/mol. The maximum Gasteiger partial charge on any atom is 0.186 e. The topological polar surface area (TPSA) is 79.2 Å². The highest BCUT2D eigenvalue weighted by atomic mass is 16.7. The van der Waals surface area contributed by atoms with Crippen molar-refractivity contribution in [3.05, 3.63) is 23.8 Å². The molecule has 3 saturated carbocycles. The molecule has 12 atom stereocenters. The fraction of sp³-hybridized carbons (Fsp3) is 0.875. The number of hydrogen-bond donors (Lipinski definition) is 3. The maximum atomic E-state index is 10.3. The number of allylic oxidation sites excluding steroid dienone is 3. The van der Waals surface area contributed by atoms with Crippen molar-refractivity contribution in [2.75, 3.05) is 6.61 Å². The van der Waals surface area contributed by atoms with E-state index in [0.29, 0.717) is 11.3 Å². The second-order valence-electron chi connectivity index (χ2n) is 14.2. The van der Waals surface area contributed by atoms with E-state index in [2.05, 4.69) is 52.8 Å². The van der Waals surface area contributed by atoms with Gasteiger partial charge in [-0.05, 0) is 104 Å². The van der Waals surface area contributed by atoms with E-state index in [1.165, 1.54) is 38.5 Å². The lowest BCUT2D eigenvalue weighted by Crippen LogP contribution is -2.55. The highest BCUT2D eigenvalue weighted by molar-refractivity contribution is 5.25. The highest BCUT2D eigenvalue weighted by Crippen LogP contribution is 2.67. The minimum atomic E-state index is -1.22. The first-order valence-electron chi connectivity index (χ1n) is 15.2. The molecule has 1 aliphatic heterocycles. The van der Waals surface area contributed by atoms with Crippen LogP contribution >= 0.6 is 0 Å². The Bertz CT molecular complexity index is 867. The smallest absolute Gasteiger partial charge is 0.186 e. The van der Waals surface area contributed by atoms with Gasteiger partial charge in [-0.3, -0.25) is 0 Å². The zero-order chi connectivity index (χ0) is 26.5. The Morgan fingerprint density at radius 3 is 2.57 bits per heavy atom. The van der Waals surface area contributed by atoms with Crippen LogP contribution in [0.15, 0.2) is 23.8 Å². The fourth-order valence-corrected chi connectivity index (χ4v) is 9.44. The molecule has 5 rings (SSSR count). The SMILES string of the molecule is CC(C)CC=CC(C)C1CCC2C3CC=C4CC(OC5OCC(O)C(O)C5O)CCC4(C)C3CCC12C. The van der Waals surface area contributed by atoms with Crippen LogP contribution in [0.3, 0.4) is 0 Å². The lowest BCUT2D eigenvalue weighted by Gasteiger charge is -2.58. The van der Waals surface area contributed by atoms with Gasteiger partial charge in [0.05, 0.1) is 12.7 Å². The molecule has 3 N–H and O–H groups in total. The second kappa shape index (κ2) is 10.7. The van der Waals surface area contributed by atoms with Gasteiger partial charge in [-0.25, -0.2) is 0 Å². The highest BCUT2D eigenvalue weighted by Gasteiger charge is 2.59. The minimum absolute atomic E-state index is 0.00688. The lowest BCUT2D eigenvalue weighted by molar-refractivity contribution is -0.284. The van der Waals surface area contributed by atoms with Gasteiger partial charge in [0.15, 0.2) is 6.29 Å². The van der Waals surface area contributed by atoms with E-state index in [1.807, 2.05) is 0 Å². The van der Waals surface area contributed by atoms with Crippen molar-refractivity contribution in [3.8, 4) is 0 Å². The third-order valence-corrected chi connectivity index (χ3v) is 11.6. The summed E-state index contributed by atoms with van der Waals surface area (Å²) in [6.45, 7) is 12.2. The molecule has 0 aromatic heterocycles. The van der Waals surface area contributed by atoms with Gasteiger partial charge in [0.25, 0.3) is 0 Å². The van der Waals surface area contributed by atoms with Gasteiger partial charge in [-0.2, -0.15) is 0 Å². The van der Waals surface area contributed by atoms with Crippen LogP contribution in [0, 0.1) is 46.3 Å². The van der Waals surface area contributed by atoms with Crippen LogP contribution in [0.5, 0.6) is 0 Å². The average Bonchev–Trinajstić information content (AvgIpc) is 3.21. The van der Waals surface area contributed by atoms with Crippen LogP contribution in [-0.2, 0) is 9.47 Å². The van der Waals surface area contributed by atoms with Crippen molar-refractivity contribution in [1.82, 2.24) is 0 Å². The Labute approximate surface area is 224 Å². The van der Waals surface area contributed by atoms with E-state index in [-0.39, 0.29) is 18.1 Å². The molecule has 1 saturated heterocycles. The fourth-order valence-electron chi connectivity index (χ4n) is 9.44. The molecule has 5 aliphatic rings. The Morgan fingerprint density at radius 2 is 1.81 bits per heavy atom.